The SMILES string of the molecule is COCCN1C(=S)N[C@H](c2ccccn2)[C@@H]1c1cc(C)n(-c2ccccc2C(F)(F)F)c1C. The Balaban J connectivity index is 1.86. The Morgan fingerprint density at radius 3 is 2.52 bits per heavy atom. The number of hydrogen-bond acceptors (Lipinski definition) is 3. The number of ether oxygens (including phenoxy) is 1. The van der Waals surface area contributed by atoms with E-state index in [4.69, 9.17) is 17.0 Å². The molecule has 174 valence electrons. The van der Waals surface area contributed by atoms with Crippen molar-refractivity contribution in [2.24, 2.45) is 0 Å². The fourth-order valence-corrected chi connectivity index (χ4v) is 4.87. The molecule has 33 heavy (non-hydrogen) atoms. The first-order valence-corrected chi connectivity index (χ1v) is 11.0. The average molecular weight is 475 g/mol. The van der Waals surface area contributed by atoms with Crippen LogP contribution < -0.4 is 5.32 Å². The summed E-state index contributed by atoms with van der Waals surface area (Å²) < 4.78 is 48.3. The highest BCUT2D eigenvalue weighted by Crippen LogP contribution is 2.42. The van der Waals surface area contributed by atoms with Crippen molar-refractivity contribution in [3.63, 3.8) is 0 Å². The number of nitrogens with one attached hydrogen (secondary N) is 1. The summed E-state index contributed by atoms with van der Waals surface area (Å²) in [6.45, 7) is 4.67. The molecule has 3 heterocycles. The molecule has 2 aromatic heterocycles. The Morgan fingerprint density at radius 1 is 1.12 bits per heavy atom. The molecule has 0 amide bonds. The van der Waals surface area contributed by atoms with Crippen molar-refractivity contribution in [1.29, 1.82) is 0 Å². The van der Waals surface area contributed by atoms with Gasteiger partial charge < -0.3 is 19.5 Å². The van der Waals surface area contributed by atoms with Crippen LogP contribution in [0.3, 0.4) is 0 Å². The molecule has 1 aromatic carbocycles. The van der Waals surface area contributed by atoms with Gasteiger partial charge in [-0.2, -0.15) is 13.2 Å². The van der Waals surface area contributed by atoms with Crippen LogP contribution in [0.25, 0.3) is 5.69 Å². The highest BCUT2D eigenvalue weighted by Gasteiger charge is 2.41. The van der Waals surface area contributed by atoms with Crippen LogP contribution in [0, 0.1) is 13.8 Å². The standard InChI is InChI=1S/C24H25F3N4OS/c1-15-14-17(16(2)31(15)20-10-5-4-8-18(20)24(25,26)27)22-21(19-9-6-7-11-28-19)29-23(33)30(22)12-13-32-3/h4-11,14,21-22H,12-13H2,1-3H3,(H,29,33)/t21-,22+/m1/s1. The van der Waals surface area contributed by atoms with Crippen molar-refractivity contribution in [1.82, 2.24) is 19.8 Å². The molecule has 0 saturated carbocycles. The molecule has 0 radical (unpaired) electrons. The van der Waals surface area contributed by atoms with Crippen LogP contribution in [0.2, 0.25) is 0 Å². The number of benzene rings is 1. The third-order valence-corrected chi connectivity index (χ3v) is 6.33. The molecule has 9 heteroatoms. The minimum atomic E-state index is -4.46. The molecule has 1 aliphatic heterocycles. The summed E-state index contributed by atoms with van der Waals surface area (Å²) >= 11 is 5.63. The summed E-state index contributed by atoms with van der Waals surface area (Å²) in [7, 11) is 1.62. The predicted molar refractivity (Wildman–Crippen MR) is 124 cm³/mol. The molecular weight excluding hydrogens is 449 g/mol. The van der Waals surface area contributed by atoms with Gasteiger partial charge in [0.25, 0.3) is 0 Å². The maximum Gasteiger partial charge on any atom is 0.418 e. The molecule has 4 rings (SSSR count). The van der Waals surface area contributed by atoms with Crippen LogP contribution in [-0.2, 0) is 10.9 Å². The largest absolute Gasteiger partial charge is 0.418 e. The number of methoxy groups -OCH3 is 1. The monoisotopic (exact) mass is 474 g/mol. The predicted octanol–water partition coefficient (Wildman–Crippen LogP) is 5.13. The topological polar surface area (TPSA) is 42.3 Å². The maximum absolute atomic E-state index is 13.8. The first kappa shape index (κ1) is 23.3. The van der Waals surface area contributed by atoms with Gasteiger partial charge in [-0.25, -0.2) is 0 Å². The molecular formula is C24H25F3N4OS. The van der Waals surface area contributed by atoms with Crippen molar-refractivity contribution >= 4 is 17.3 Å². The van der Waals surface area contributed by atoms with Crippen molar-refractivity contribution in [3.8, 4) is 5.69 Å². The zero-order valence-corrected chi connectivity index (χ0v) is 19.4. The van der Waals surface area contributed by atoms with Gasteiger partial charge in [-0.05, 0) is 62.0 Å². The molecule has 0 aliphatic carbocycles. The fraction of sp³-hybridized carbons (Fsp3) is 0.333. The summed E-state index contributed by atoms with van der Waals surface area (Å²) in [5, 5.41) is 3.92. The summed E-state index contributed by atoms with van der Waals surface area (Å²) in [6, 6.07) is 12.8. The fourth-order valence-electron chi connectivity index (χ4n) is 4.54. The van der Waals surface area contributed by atoms with E-state index in [2.05, 4.69) is 10.3 Å². The molecule has 0 unspecified atom stereocenters. The number of nitrogens with zero attached hydrogens (tertiary/aromatic N) is 3. The highest BCUT2D eigenvalue weighted by molar-refractivity contribution is 7.80. The number of rotatable bonds is 6. The van der Waals surface area contributed by atoms with E-state index in [0.29, 0.717) is 24.0 Å². The molecule has 1 N–H and O–H groups in total. The first-order chi connectivity index (χ1) is 15.7. The Morgan fingerprint density at radius 2 is 1.85 bits per heavy atom. The van der Waals surface area contributed by atoms with Crippen LogP contribution in [0.4, 0.5) is 13.2 Å². The third-order valence-electron chi connectivity index (χ3n) is 5.97. The number of halogens is 3. The second-order valence-corrected chi connectivity index (χ2v) is 8.38. The number of aromatic nitrogens is 2. The summed E-state index contributed by atoms with van der Waals surface area (Å²) in [5.74, 6) is 0. The van der Waals surface area contributed by atoms with Crippen LogP contribution >= 0.6 is 12.2 Å². The third kappa shape index (κ3) is 4.35. The van der Waals surface area contributed by atoms with E-state index < -0.39 is 11.7 Å². The summed E-state index contributed by atoms with van der Waals surface area (Å²) in [6.07, 6.45) is -2.74. The number of aryl methyl sites for hydroxylation is 1. The Bertz CT molecular complexity index is 1150. The molecule has 5 nitrogen and oxygen atoms in total. The Kier molecular flexibility index (Phi) is 6.45. The van der Waals surface area contributed by atoms with Gasteiger partial charge in [0.2, 0.25) is 0 Å². The molecule has 1 fully saturated rings. The zero-order valence-electron chi connectivity index (χ0n) is 18.6. The van der Waals surface area contributed by atoms with Gasteiger partial charge in [0.1, 0.15) is 0 Å². The van der Waals surface area contributed by atoms with Gasteiger partial charge in [-0.15, -0.1) is 0 Å². The number of hydrogen-bond donors (Lipinski definition) is 1. The Labute approximate surface area is 196 Å². The molecule has 1 aliphatic rings. The zero-order chi connectivity index (χ0) is 23.8. The normalized spacial score (nSPS) is 18.6. The van der Waals surface area contributed by atoms with E-state index in [1.807, 2.05) is 43.0 Å². The number of pyridine rings is 1. The lowest BCUT2D eigenvalue weighted by molar-refractivity contribution is -0.137. The van der Waals surface area contributed by atoms with E-state index >= 15 is 0 Å². The van der Waals surface area contributed by atoms with Crippen molar-refractivity contribution in [2.45, 2.75) is 32.1 Å². The Hall–Kier alpha value is -2.91. The second-order valence-electron chi connectivity index (χ2n) is 7.99. The van der Waals surface area contributed by atoms with Crippen LogP contribution in [0.15, 0.2) is 54.7 Å². The molecule has 0 bridgehead atoms. The highest BCUT2D eigenvalue weighted by atomic mass is 32.1. The van der Waals surface area contributed by atoms with Gasteiger partial charge in [0, 0.05) is 31.2 Å². The lowest BCUT2D eigenvalue weighted by Gasteiger charge is -2.28. The van der Waals surface area contributed by atoms with E-state index in [9.17, 15) is 13.2 Å². The van der Waals surface area contributed by atoms with E-state index in [1.165, 1.54) is 12.1 Å². The van der Waals surface area contributed by atoms with Gasteiger partial charge >= 0.3 is 6.18 Å². The second kappa shape index (κ2) is 9.15. The minimum Gasteiger partial charge on any atom is -0.383 e. The smallest absolute Gasteiger partial charge is 0.383 e. The summed E-state index contributed by atoms with van der Waals surface area (Å²) in [4.78, 5) is 6.54. The van der Waals surface area contributed by atoms with E-state index in [-0.39, 0.29) is 17.8 Å². The molecule has 3 aromatic rings. The quantitative estimate of drug-likeness (QED) is 0.502. The van der Waals surface area contributed by atoms with Crippen LogP contribution in [0.1, 0.15) is 40.3 Å². The molecule has 1 saturated heterocycles. The number of alkyl halides is 3. The van der Waals surface area contributed by atoms with Gasteiger partial charge in [-0.1, -0.05) is 18.2 Å². The maximum atomic E-state index is 13.8. The number of thiocarbonyl (C=S) groups is 1. The lowest BCUT2D eigenvalue weighted by atomic mass is 9.97. The van der Waals surface area contributed by atoms with Crippen molar-refractivity contribution in [3.05, 3.63) is 82.9 Å². The van der Waals surface area contributed by atoms with Crippen molar-refractivity contribution in [2.75, 3.05) is 20.3 Å². The minimum absolute atomic E-state index is 0.109. The average Bonchev–Trinajstić information content (AvgIpc) is 3.27. The van der Waals surface area contributed by atoms with Crippen LogP contribution in [0.5, 0.6) is 0 Å². The summed E-state index contributed by atoms with van der Waals surface area (Å²) in [5.41, 5.74) is 2.58. The lowest BCUT2D eigenvalue weighted by Crippen LogP contribution is -2.32. The van der Waals surface area contributed by atoms with E-state index in [0.717, 1.165) is 23.0 Å². The van der Waals surface area contributed by atoms with Gasteiger partial charge in [0.15, 0.2) is 5.11 Å². The first-order valence-electron chi connectivity index (χ1n) is 10.6. The van der Waals surface area contributed by atoms with E-state index in [1.54, 1.807) is 23.9 Å². The van der Waals surface area contributed by atoms with Gasteiger partial charge in [-0.3, -0.25) is 4.98 Å². The molecule has 2 atom stereocenters. The van der Waals surface area contributed by atoms with Gasteiger partial charge in [0.05, 0.1) is 35.6 Å². The number of para-hydroxylation sites is 1. The van der Waals surface area contributed by atoms with Crippen LogP contribution in [-0.4, -0.2) is 39.8 Å². The molecule has 0 spiro atoms. The van der Waals surface area contributed by atoms with Crippen molar-refractivity contribution < 1.29 is 17.9 Å².